The van der Waals surface area contributed by atoms with Crippen LogP contribution in [-0.4, -0.2) is 47.0 Å². The van der Waals surface area contributed by atoms with Crippen molar-refractivity contribution in [3.8, 4) is 0 Å². The van der Waals surface area contributed by atoms with Crippen LogP contribution in [0.3, 0.4) is 0 Å². The molecule has 3 unspecified atom stereocenters. The summed E-state index contributed by atoms with van der Waals surface area (Å²) in [5.74, 6) is 0. The SMILES string of the molecule is Cl.O=C1NC2CC(Br)CCC2N1C1CCNCC1. The lowest BCUT2D eigenvalue weighted by atomic mass is 9.89. The number of nitrogens with one attached hydrogen (secondary N) is 2. The van der Waals surface area contributed by atoms with E-state index in [0.29, 0.717) is 23.0 Å². The lowest BCUT2D eigenvalue weighted by molar-refractivity contribution is 0.139. The topological polar surface area (TPSA) is 44.4 Å². The molecular formula is C12H21BrClN3O. The second-order valence-electron chi connectivity index (χ2n) is 5.42. The molecule has 18 heavy (non-hydrogen) atoms. The zero-order valence-corrected chi connectivity index (χ0v) is 12.8. The summed E-state index contributed by atoms with van der Waals surface area (Å²) in [7, 11) is 0. The predicted octanol–water partition coefficient (Wildman–Crippen LogP) is 1.87. The van der Waals surface area contributed by atoms with Crippen molar-refractivity contribution in [3.05, 3.63) is 0 Å². The highest BCUT2D eigenvalue weighted by Gasteiger charge is 2.45. The molecule has 1 saturated carbocycles. The molecule has 2 aliphatic heterocycles. The molecule has 0 aromatic rings. The highest BCUT2D eigenvalue weighted by molar-refractivity contribution is 9.09. The fourth-order valence-electron chi connectivity index (χ4n) is 3.50. The molecule has 0 bridgehead atoms. The summed E-state index contributed by atoms with van der Waals surface area (Å²) in [5, 5.41) is 6.54. The fourth-order valence-corrected chi connectivity index (χ4v) is 4.16. The van der Waals surface area contributed by atoms with Crippen molar-refractivity contribution < 1.29 is 4.79 Å². The number of fused-ring (bicyclic) bond motifs is 1. The Kier molecular flexibility index (Phi) is 4.78. The Morgan fingerprint density at radius 3 is 2.61 bits per heavy atom. The molecule has 3 atom stereocenters. The molecule has 3 rings (SSSR count). The quantitative estimate of drug-likeness (QED) is 0.717. The molecular weight excluding hydrogens is 318 g/mol. The average Bonchev–Trinajstić information content (AvgIpc) is 2.65. The largest absolute Gasteiger partial charge is 0.333 e. The Hall–Kier alpha value is -0.0000000000000000763. The van der Waals surface area contributed by atoms with E-state index in [9.17, 15) is 4.79 Å². The van der Waals surface area contributed by atoms with E-state index >= 15 is 0 Å². The van der Waals surface area contributed by atoms with Crippen LogP contribution in [0.2, 0.25) is 0 Å². The minimum Gasteiger partial charge on any atom is -0.333 e. The second kappa shape index (κ2) is 5.97. The van der Waals surface area contributed by atoms with E-state index in [-0.39, 0.29) is 18.4 Å². The molecule has 3 aliphatic rings. The van der Waals surface area contributed by atoms with Gasteiger partial charge in [0.05, 0.1) is 12.1 Å². The zero-order chi connectivity index (χ0) is 11.8. The van der Waals surface area contributed by atoms with E-state index in [0.717, 1.165) is 38.8 Å². The van der Waals surface area contributed by atoms with Crippen molar-refractivity contribution in [3.63, 3.8) is 0 Å². The Balaban J connectivity index is 0.00000120. The molecule has 104 valence electrons. The van der Waals surface area contributed by atoms with E-state index < -0.39 is 0 Å². The number of nitrogens with zero attached hydrogens (tertiary/aromatic N) is 1. The van der Waals surface area contributed by atoms with Crippen LogP contribution in [0.5, 0.6) is 0 Å². The van der Waals surface area contributed by atoms with Crippen LogP contribution in [0.1, 0.15) is 32.1 Å². The zero-order valence-electron chi connectivity index (χ0n) is 10.4. The number of carbonyl (C=O) groups is 1. The van der Waals surface area contributed by atoms with E-state index in [2.05, 4.69) is 31.5 Å². The summed E-state index contributed by atoms with van der Waals surface area (Å²) < 4.78 is 0. The summed E-state index contributed by atoms with van der Waals surface area (Å²) in [6.45, 7) is 2.10. The third-order valence-corrected chi connectivity index (χ3v) is 5.18. The Bertz CT molecular complexity index is 312. The monoisotopic (exact) mass is 337 g/mol. The maximum absolute atomic E-state index is 12.1. The smallest absolute Gasteiger partial charge is 0.318 e. The van der Waals surface area contributed by atoms with Gasteiger partial charge in [0, 0.05) is 10.9 Å². The summed E-state index contributed by atoms with van der Waals surface area (Å²) >= 11 is 3.68. The molecule has 2 N–H and O–H groups in total. The highest BCUT2D eigenvalue weighted by atomic mass is 79.9. The lowest BCUT2D eigenvalue weighted by Crippen LogP contribution is -2.49. The third kappa shape index (κ3) is 2.63. The van der Waals surface area contributed by atoms with Gasteiger partial charge in [-0.1, -0.05) is 15.9 Å². The van der Waals surface area contributed by atoms with Gasteiger partial charge in [-0.05, 0) is 45.2 Å². The maximum Gasteiger partial charge on any atom is 0.318 e. The number of urea groups is 1. The first-order valence-corrected chi connectivity index (χ1v) is 7.61. The van der Waals surface area contributed by atoms with Crippen molar-refractivity contribution >= 4 is 34.4 Å². The molecule has 0 aromatic carbocycles. The first-order chi connectivity index (χ1) is 8.25. The van der Waals surface area contributed by atoms with E-state index in [1.165, 1.54) is 6.42 Å². The molecule has 2 heterocycles. The number of piperidine rings is 1. The van der Waals surface area contributed by atoms with Gasteiger partial charge in [0.1, 0.15) is 0 Å². The van der Waals surface area contributed by atoms with Crippen LogP contribution in [0.4, 0.5) is 4.79 Å². The molecule has 6 heteroatoms. The maximum atomic E-state index is 12.1. The van der Waals surface area contributed by atoms with Crippen molar-refractivity contribution in [2.24, 2.45) is 0 Å². The van der Waals surface area contributed by atoms with Gasteiger partial charge in [-0.25, -0.2) is 4.79 Å². The van der Waals surface area contributed by atoms with Gasteiger partial charge in [0.25, 0.3) is 0 Å². The molecule has 4 nitrogen and oxygen atoms in total. The molecule has 2 saturated heterocycles. The van der Waals surface area contributed by atoms with Crippen molar-refractivity contribution in [1.82, 2.24) is 15.5 Å². The van der Waals surface area contributed by atoms with Gasteiger partial charge in [-0.2, -0.15) is 0 Å². The highest BCUT2D eigenvalue weighted by Crippen LogP contribution is 2.34. The first kappa shape index (κ1) is 14.4. The number of hydrogen-bond acceptors (Lipinski definition) is 2. The second-order valence-corrected chi connectivity index (χ2v) is 6.72. The molecule has 0 spiro atoms. The van der Waals surface area contributed by atoms with Crippen LogP contribution in [0, 0.1) is 0 Å². The minimum atomic E-state index is 0. The number of alkyl halides is 1. The van der Waals surface area contributed by atoms with E-state index in [1.807, 2.05) is 0 Å². The number of amides is 2. The first-order valence-electron chi connectivity index (χ1n) is 6.69. The fraction of sp³-hybridized carbons (Fsp3) is 0.917. The normalized spacial score (nSPS) is 36.8. The number of halogens is 2. The lowest BCUT2D eigenvalue weighted by Gasteiger charge is -2.38. The molecule has 0 radical (unpaired) electrons. The average molecular weight is 339 g/mol. The Morgan fingerprint density at radius 2 is 1.89 bits per heavy atom. The summed E-state index contributed by atoms with van der Waals surface area (Å²) in [6, 6.07) is 1.45. The van der Waals surface area contributed by atoms with Crippen LogP contribution < -0.4 is 10.6 Å². The molecule has 1 aliphatic carbocycles. The van der Waals surface area contributed by atoms with Crippen molar-refractivity contribution in [2.45, 2.75) is 55.1 Å². The number of carbonyl (C=O) groups excluding carboxylic acids is 1. The predicted molar refractivity (Wildman–Crippen MR) is 77.7 cm³/mol. The van der Waals surface area contributed by atoms with Gasteiger partial charge in [0.15, 0.2) is 0 Å². The Labute approximate surface area is 123 Å². The van der Waals surface area contributed by atoms with Crippen LogP contribution in [0.15, 0.2) is 0 Å². The number of rotatable bonds is 1. The van der Waals surface area contributed by atoms with E-state index in [4.69, 9.17) is 0 Å². The van der Waals surface area contributed by atoms with Crippen LogP contribution >= 0.6 is 28.3 Å². The van der Waals surface area contributed by atoms with Gasteiger partial charge in [-0.15, -0.1) is 12.4 Å². The summed E-state index contributed by atoms with van der Waals surface area (Å²) in [4.78, 5) is 14.9. The van der Waals surface area contributed by atoms with Crippen molar-refractivity contribution in [2.75, 3.05) is 13.1 Å². The van der Waals surface area contributed by atoms with Crippen LogP contribution in [0.25, 0.3) is 0 Å². The molecule has 2 amide bonds. The Morgan fingerprint density at radius 1 is 1.17 bits per heavy atom. The van der Waals surface area contributed by atoms with Gasteiger partial charge in [0.2, 0.25) is 0 Å². The summed E-state index contributed by atoms with van der Waals surface area (Å²) in [5.41, 5.74) is 0. The molecule has 3 fully saturated rings. The standard InChI is InChI=1S/C12H20BrN3O.ClH/c13-8-1-2-11-10(7-8)15-12(17)16(11)9-3-5-14-6-4-9;/h8-11,14H,1-7H2,(H,15,17);1H. The van der Waals surface area contributed by atoms with Gasteiger partial charge < -0.3 is 15.5 Å². The third-order valence-electron chi connectivity index (χ3n) is 4.35. The van der Waals surface area contributed by atoms with Gasteiger partial charge >= 0.3 is 6.03 Å². The summed E-state index contributed by atoms with van der Waals surface area (Å²) in [6.07, 6.45) is 5.63. The number of hydrogen-bond donors (Lipinski definition) is 2. The molecule has 0 aromatic heterocycles. The van der Waals surface area contributed by atoms with Crippen molar-refractivity contribution in [1.29, 1.82) is 0 Å². The minimum absolute atomic E-state index is 0. The van der Waals surface area contributed by atoms with Gasteiger partial charge in [-0.3, -0.25) is 0 Å². The van der Waals surface area contributed by atoms with E-state index in [1.54, 1.807) is 0 Å². The van der Waals surface area contributed by atoms with Crippen LogP contribution in [-0.2, 0) is 0 Å².